The van der Waals surface area contributed by atoms with Crippen molar-refractivity contribution in [2.45, 2.75) is 25.3 Å². The fourth-order valence-corrected chi connectivity index (χ4v) is 3.31. The van der Waals surface area contributed by atoms with Crippen molar-refractivity contribution >= 4 is 27.9 Å². The summed E-state index contributed by atoms with van der Waals surface area (Å²) in [6.45, 7) is 2.06. The number of ether oxygens (including phenoxy) is 1. The lowest BCUT2D eigenvalue weighted by molar-refractivity contribution is -0.130. The predicted molar refractivity (Wildman–Crippen MR) is 94.7 cm³/mol. The largest absolute Gasteiger partial charge is 0.447 e. The van der Waals surface area contributed by atoms with Crippen molar-refractivity contribution in [3.05, 3.63) is 70.2 Å². The highest BCUT2D eigenvalue weighted by Gasteiger charge is 2.39. The molecule has 24 heavy (non-hydrogen) atoms. The molecule has 3 rings (SSSR count). The van der Waals surface area contributed by atoms with Gasteiger partial charge >= 0.3 is 6.09 Å². The van der Waals surface area contributed by atoms with Gasteiger partial charge in [0.1, 0.15) is 6.61 Å². The Morgan fingerprint density at radius 2 is 2.00 bits per heavy atom. The summed E-state index contributed by atoms with van der Waals surface area (Å²) in [6.07, 6.45) is 0.0477. The van der Waals surface area contributed by atoms with E-state index in [0.717, 1.165) is 15.6 Å². The number of benzene rings is 2. The van der Waals surface area contributed by atoms with E-state index in [1.807, 2.05) is 61.5 Å². The second kappa shape index (κ2) is 7.18. The Hall–Kier alpha value is -2.14. The van der Waals surface area contributed by atoms with Crippen LogP contribution in [0.5, 0.6) is 0 Å². The van der Waals surface area contributed by atoms with Gasteiger partial charge in [-0.1, -0.05) is 58.4 Å². The number of imide groups is 1. The highest BCUT2D eigenvalue weighted by molar-refractivity contribution is 9.10. The maximum Gasteiger partial charge on any atom is 0.417 e. The van der Waals surface area contributed by atoms with Crippen molar-refractivity contribution in [2.24, 2.45) is 0 Å². The van der Waals surface area contributed by atoms with E-state index in [0.29, 0.717) is 6.42 Å². The van der Waals surface area contributed by atoms with Gasteiger partial charge in [-0.3, -0.25) is 4.79 Å². The zero-order valence-electron chi connectivity index (χ0n) is 13.3. The fourth-order valence-electron chi connectivity index (χ4n) is 2.89. The van der Waals surface area contributed by atoms with Crippen LogP contribution in [0, 0.1) is 0 Å². The molecule has 0 N–H and O–H groups in total. The van der Waals surface area contributed by atoms with Crippen LogP contribution >= 0.6 is 15.9 Å². The molecule has 4 nitrogen and oxygen atoms in total. The maximum atomic E-state index is 12.9. The van der Waals surface area contributed by atoms with Crippen molar-refractivity contribution in [2.75, 3.05) is 6.61 Å². The van der Waals surface area contributed by atoms with Crippen molar-refractivity contribution in [1.29, 1.82) is 0 Å². The van der Waals surface area contributed by atoms with E-state index >= 15 is 0 Å². The van der Waals surface area contributed by atoms with Crippen LogP contribution in [0.1, 0.15) is 24.0 Å². The van der Waals surface area contributed by atoms with Crippen LogP contribution in [0.2, 0.25) is 0 Å². The molecule has 0 bridgehead atoms. The third-order valence-electron chi connectivity index (χ3n) is 4.23. The first-order valence-corrected chi connectivity index (χ1v) is 8.65. The van der Waals surface area contributed by atoms with Crippen LogP contribution in [0.25, 0.3) is 0 Å². The Balaban J connectivity index is 1.79. The predicted octanol–water partition coefficient (Wildman–Crippen LogP) is 4.14. The van der Waals surface area contributed by atoms with Crippen molar-refractivity contribution in [3.8, 4) is 0 Å². The molecule has 5 heteroatoms. The highest BCUT2D eigenvalue weighted by atomic mass is 79.9. The van der Waals surface area contributed by atoms with Crippen LogP contribution in [0.4, 0.5) is 4.79 Å². The normalized spacial score (nSPS) is 18.3. The van der Waals surface area contributed by atoms with Gasteiger partial charge in [-0.15, -0.1) is 0 Å². The summed E-state index contributed by atoms with van der Waals surface area (Å²) in [5.41, 5.74) is 1.95. The molecule has 0 radical (unpaired) electrons. The third-order valence-corrected chi connectivity index (χ3v) is 4.72. The fraction of sp³-hybridized carbons (Fsp3) is 0.263. The van der Waals surface area contributed by atoms with Crippen molar-refractivity contribution in [3.63, 3.8) is 0 Å². The molecule has 1 heterocycles. The number of carbonyl (C=O) groups excluding carboxylic acids is 2. The summed E-state index contributed by atoms with van der Waals surface area (Å²) in [6, 6.07) is 17.1. The van der Waals surface area contributed by atoms with Crippen molar-refractivity contribution in [1.82, 2.24) is 4.90 Å². The molecule has 1 saturated heterocycles. The first-order valence-electron chi connectivity index (χ1n) is 7.85. The number of cyclic esters (lactones) is 1. The molecule has 0 aromatic heterocycles. The molecule has 2 aromatic carbocycles. The van der Waals surface area contributed by atoms with E-state index in [4.69, 9.17) is 4.74 Å². The van der Waals surface area contributed by atoms with Crippen LogP contribution in [-0.4, -0.2) is 29.5 Å². The SMILES string of the molecule is CC(C(=O)N1C(=O)OCC1Cc1ccccc1)c1cccc(Br)c1. The molecule has 1 aliphatic rings. The average molecular weight is 388 g/mol. The lowest BCUT2D eigenvalue weighted by Gasteiger charge is -2.23. The monoisotopic (exact) mass is 387 g/mol. The van der Waals surface area contributed by atoms with Gasteiger partial charge in [0.2, 0.25) is 5.91 Å². The Bertz CT molecular complexity index is 747. The number of amides is 2. The molecular weight excluding hydrogens is 370 g/mol. The molecular formula is C19H18BrNO3. The topological polar surface area (TPSA) is 46.6 Å². The van der Waals surface area contributed by atoms with Crippen LogP contribution in [0.3, 0.4) is 0 Å². The summed E-state index contributed by atoms with van der Waals surface area (Å²) < 4.78 is 6.05. The number of hydrogen-bond donors (Lipinski definition) is 0. The van der Waals surface area contributed by atoms with Gasteiger partial charge in [-0.2, -0.15) is 0 Å². The van der Waals surface area contributed by atoms with Crippen LogP contribution < -0.4 is 0 Å². The van der Waals surface area contributed by atoms with E-state index in [1.165, 1.54) is 4.90 Å². The van der Waals surface area contributed by atoms with E-state index in [1.54, 1.807) is 0 Å². The number of rotatable bonds is 4. The van der Waals surface area contributed by atoms with E-state index in [-0.39, 0.29) is 18.6 Å². The van der Waals surface area contributed by atoms with Gasteiger partial charge in [0.15, 0.2) is 0 Å². The quantitative estimate of drug-likeness (QED) is 0.791. The minimum Gasteiger partial charge on any atom is -0.447 e. The third kappa shape index (κ3) is 3.51. The Kier molecular flexibility index (Phi) is 5.00. The molecule has 2 unspecified atom stereocenters. The van der Waals surface area contributed by atoms with Crippen LogP contribution in [-0.2, 0) is 16.0 Å². The first-order chi connectivity index (χ1) is 11.6. The Morgan fingerprint density at radius 3 is 2.71 bits per heavy atom. The van der Waals surface area contributed by atoms with E-state index in [2.05, 4.69) is 15.9 Å². The highest BCUT2D eigenvalue weighted by Crippen LogP contribution is 2.26. The summed E-state index contributed by atoms with van der Waals surface area (Å²) in [5.74, 6) is -0.636. The lowest BCUT2D eigenvalue weighted by atomic mass is 9.98. The summed E-state index contributed by atoms with van der Waals surface area (Å²) in [4.78, 5) is 26.2. The zero-order valence-corrected chi connectivity index (χ0v) is 14.9. The van der Waals surface area contributed by atoms with Crippen molar-refractivity contribution < 1.29 is 14.3 Å². The molecule has 2 aromatic rings. The van der Waals surface area contributed by atoms with Gasteiger partial charge in [-0.05, 0) is 36.6 Å². The minimum absolute atomic E-state index is 0.225. The molecule has 1 aliphatic heterocycles. The van der Waals surface area contributed by atoms with Gasteiger partial charge in [-0.25, -0.2) is 9.69 Å². The van der Waals surface area contributed by atoms with E-state index in [9.17, 15) is 9.59 Å². The summed E-state index contributed by atoms with van der Waals surface area (Å²) in [5, 5.41) is 0. The number of nitrogens with zero attached hydrogens (tertiary/aromatic N) is 1. The molecule has 2 amide bonds. The number of carbonyl (C=O) groups is 2. The average Bonchev–Trinajstić information content (AvgIpc) is 2.95. The van der Waals surface area contributed by atoms with Gasteiger partial charge in [0.05, 0.1) is 12.0 Å². The van der Waals surface area contributed by atoms with Gasteiger partial charge in [0.25, 0.3) is 0 Å². The van der Waals surface area contributed by atoms with Gasteiger partial charge in [0, 0.05) is 4.47 Å². The second-order valence-electron chi connectivity index (χ2n) is 5.91. The molecule has 0 aliphatic carbocycles. The summed E-state index contributed by atoms with van der Waals surface area (Å²) >= 11 is 3.41. The second-order valence-corrected chi connectivity index (χ2v) is 6.82. The molecule has 2 atom stereocenters. The maximum absolute atomic E-state index is 12.9. The first kappa shape index (κ1) is 16.7. The van der Waals surface area contributed by atoms with E-state index < -0.39 is 12.0 Å². The zero-order chi connectivity index (χ0) is 17.1. The molecule has 1 fully saturated rings. The minimum atomic E-state index is -0.553. The number of hydrogen-bond acceptors (Lipinski definition) is 3. The standard InChI is InChI=1S/C19H18BrNO3/c1-13(15-8-5-9-16(20)11-15)18(22)21-17(12-24-19(21)23)10-14-6-3-2-4-7-14/h2-9,11,13,17H,10,12H2,1H3. The smallest absolute Gasteiger partial charge is 0.417 e. The molecule has 124 valence electrons. The lowest BCUT2D eigenvalue weighted by Crippen LogP contribution is -2.42. The summed E-state index contributed by atoms with van der Waals surface area (Å²) in [7, 11) is 0. The Morgan fingerprint density at radius 1 is 1.25 bits per heavy atom. The van der Waals surface area contributed by atoms with Gasteiger partial charge < -0.3 is 4.74 Å². The molecule has 0 saturated carbocycles. The molecule has 0 spiro atoms. The Labute approximate surface area is 149 Å². The number of halogens is 1. The van der Waals surface area contributed by atoms with Crippen LogP contribution in [0.15, 0.2) is 59.1 Å².